The van der Waals surface area contributed by atoms with Crippen LogP contribution in [-0.2, 0) is 12.8 Å². The Morgan fingerprint density at radius 1 is 0.360 bits per heavy atom. The SMILES string of the molecule is Oc1ccc(CCNc2nc(NCCNc3nc(NCCc4ccc(O)cc4)nc(Nc4ccccc4)n3)nc(Nc3ccccc3)n2)cc1. The molecule has 0 amide bonds. The fourth-order valence-corrected chi connectivity index (χ4v) is 4.79. The zero-order chi connectivity index (χ0) is 34.4. The fourth-order valence-electron chi connectivity index (χ4n) is 4.79. The Morgan fingerprint density at radius 3 is 1.04 bits per heavy atom. The van der Waals surface area contributed by atoms with Gasteiger partial charge in [0.15, 0.2) is 0 Å². The average Bonchev–Trinajstić information content (AvgIpc) is 3.13. The molecular weight excluding hydrogens is 632 g/mol. The van der Waals surface area contributed by atoms with Gasteiger partial charge >= 0.3 is 0 Å². The largest absolute Gasteiger partial charge is 0.508 e. The summed E-state index contributed by atoms with van der Waals surface area (Å²) in [6.07, 6.45) is 1.45. The van der Waals surface area contributed by atoms with E-state index in [1.807, 2.05) is 84.9 Å². The predicted octanol–water partition coefficient (Wildman–Crippen LogP) is 5.79. The number of aromatic hydroxyl groups is 2. The number of para-hydroxylation sites is 2. The van der Waals surface area contributed by atoms with Gasteiger partial charge in [0.25, 0.3) is 0 Å². The maximum absolute atomic E-state index is 9.57. The summed E-state index contributed by atoms with van der Waals surface area (Å²) in [7, 11) is 0. The van der Waals surface area contributed by atoms with E-state index < -0.39 is 0 Å². The molecule has 0 radical (unpaired) electrons. The number of anilines is 8. The van der Waals surface area contributed by atoms with E-state index in [0.717, 1.165) is 35.3 Å². The molecule has 2 aromatic heterocycles. The summed E-state index contributed by atoms with van der Waals surface area (Å²) < 4.78 is 0. The zero-order valence-electron chi connectivity index (χ0n) is 27.2. The van der Waals surface area contributed by atoms with Crippen LogP contribution in [0.2, 0.25) is 0 Å². The van der Waals surface area contributed by atoms with Crippen LogP contribution in [0.5, 0.6) is 11.5 Å². The van der Waals surface area contributed by atoms with E-state index in [2.05, 4.69) is 61.8 Å². The van der Waals surface area contributed by atoms with Gasteiger partial charge in [-0.1, -0.05) is 60.7 Å². The van der Waals surface area contributed by atoms with Gasteiger partial charge in [-0.25, -0.2) is 0 Å². The Bertz CT molecular complexity index is 1790. The Labute approximate surface area is 289 Å². The minimum absolute atomic E-state index is 0.236. The summed E-state index contributed by atoms with van der Waals surface area (Å²) in [4.78, 5) is 27.4. The number of hydrogen-bond donors (Lipinski definition) is 8. The molecule has 0 atom stereocenters. The normalized spacial score (nSPS) is 10.6. The molecule has 254 valence electrons. The molecule has 6 aromatic rings. The first kappa shape index (κ1) is 33.2. The highest BCUT2D eigenvalue weighted by molar-refractivity contribution is 5.56. The molecule has 4 aromatic carbocycles. The van der Waals surface area contributed by atoms with Crippen LogP contribution in [-0.4, -0.2) is 66.3 Å². The van der Waals surface area contributed by atoms with Crippen molar-refractivity contribution in [3.8, 4) is 11.5 Å². The maximum atomic E-state index is 9.57. The molecule has 0 fully saturated rings. The van der Waals surface area contributed by atoms with Crippen molar-refractivity contribution in [2.75, 3.05) is 58.1 Å². The Balaban J connectivity index is 1.09. The van der Waals surface area contributed by atoms with Gasteiger partial charge in [-0.2, -0.15) is 29.9 Å². The third-order valence-corrected chi connectivity index (χ3v) is 7.29. The number of hydrogen-bond acceptors (Lipinski definition) is 14. The van der Waals surface area contributed by atoms with Crippen LogP contribution < -0.4 is 31.9 Å². The molecule has 0 spiro atoms. The molecule has 8 N–H and O–H groups in total. The second kappa shape index (κ2) is 16.9. The second-order valence-corrected chi connectivity index (χ2v) is 11.1. The van der Waals surface area contributed by atoms with Crippen molar-refractivity contribution < 1.29 is 10.2 Å². The smallest absolute Gasteiger partial charge is 0.233 e. The highest BCUT2D eigenvalue weighted by atomic mass is 16.3. The van der Waals surface area contributed by atoms with Crippen molar-refractivity contribution in [3.05, 3.63) is 120 Å². The summed E-state index contributed by atoms with van der Waals surface area (Å²) in [5, 5.41) is 38.7. The van der Waals surface area contributed by atoms with Crippen LogP contribution in [0, 0.1) is 0 Å². The van der Waals surface area contributed by atoms with E-state index in [0.29, 0.717) is 61.9 Å². The minimum atomic E-state index is 0.236. The van der Waals surface area contributed by atoms with E-state index >= 15 is 0 Å². The second-order valence-electron chi connectivity index (χ2n) is 11.1. The number of benzene rings is 4. The van der Waals surface area contributed by atoms with Gasteiger partial charge in [0, 0.05) is 37.6 Å². The molecule has 0 aliphatic carbocycles. The molecule has 0 aliphatic rings. The molecule has 50 heavy (non-hydrogen) atoms. The molecule has 0 saturated heterocycles. The van der Waals surface area contributed by atoms with Crippen LogP contribution in [0.1, 0.15) is 11.1 Å². The third kappa shape index (κ3) is 10.4. The lowest BCUT2D eigenvalue weighted by Gasteiger charge is -2.13. The number of phenols is 2. The van der Waals surface area contributed by atoms with Gasteiger partial charge in [-0.15, -0.1) is 0 Å². The topological polar surface area (TPSA) is 190 Å². The summed E-state index contributed by atoms with van der Waals surface area (Å²) >= 11 is 0. The molecule has 6 rings (SSSR count). The van der Waals surface area contributed by atoms with Crippen LogP contribution >= 0.6 is 0 Å². The molecule has 14 nitrogen and oxygen atoms in total. The van der Waals surface area contributed by atoms with Gasteiger partial charge in [-0.3, -0.25) is 0 Å². The lowest BCUT2D eigenvalue weighted by Crippen LogP contribution is -2.19. The Hall–Kier alpha value is -6.70. The highest BCUT2D eigenvalue weighted by Crippen LogP contribution is 2.18. The Kier molecular flexibility index (Phi) is 11.2. The first-order valence-electron chi connectivity index (χ1n) is 16.2. The summed E-state index contributed by atoms with van der Waals surface area (Å²) in [6.45, 7) is 2.09. The van der Waals surface area contributed by atoms with E-state index in [9.17, 15) is 10.2 Å². The van der Waals surface area contributed by atoms with Crippen molar-refractivity contribution in [2.24, 2.45) is 0 Å². The maximum Gasteiger partial charge on any atom is 0.233 e. The first-order valence-corrected chi connectivity index (χ1v) is 16.2. The predicted molar refractivity (Wildman–Crippen MR) is 197 cm³/mol. The van der Waals surface area contributed by atoms with Crippen LogP contribution in [0.3, 0.4) is 0 Å². The van der Waals surface area contributed by atoms with Crippen LogP contribution in [0.4, 0.5) is 47.1 Å². The van der Waals surface area contributed by atoms with Crippen molar-refractivity contribution in [3.63, 3.8) is 0 Å². The lowest BCUT2D eigenvalue weighted by molar-refractivity contribution is 0.474. The van der Waals surface area contributed by atoms with Crippen molar-refractivity contribution in [1.82, 2.24) is 29.9 Å². The molecule has 0 saturated carbocycles. The zero-order valence-corrected chi connectivity index (χ0v) is 27.2. The average molecular weight is 671 g/mol. The molecule has 14 heteroatoms. The highest BCUT2D eigenvalue weighted by Gasteiger charge is 2.10. The van der Waals surface area contributed by atoms with Gasteiger partial charge < -0.3 is 42.1 Å². The monoisotopic (exact) mass is 670 g/mol. The lowest BCUT2D eigenvalue weighted by atomic mass is 10.1. The summed E-state index contributed by atoms with van der Waals surface area (Å²) in [5.74, 6) is 2.89. The minimum Gasteiger partial charge on any atom is -0.508 e. The number of aromatic nitrogens is 6. The van der Waals surface area contributed by atoms with Gasteiger partial charge in [0.2, 0.25) is 35.7 Å². The van der Waals surface area contributed by atoms with Gasteiger partial charge in [-0.05, 0) is 72.5 Å². The van der Waals surface area contributed by atoms with E-state index in [-0.39, 0.29) is 11.5 Å². The van der Waals surface area contributed by atoms with Crippen LogP contribution in [0.15, 0.2) is 109 Å². The molecular formula is C36H38N12O2. The number of nitrogens with one attached hydrogen (secondary N) is 6. The number of nitrogens with zero attached hydrogens (tertiary/aromatic N) is 6. The third-order valence-electron chi connectivity index (χ3n) is 7.29. The molecule has 2 heterocycles. The van der Waals surface area contributed by atoms with Gasteiger partial charge in [0.05, 0.1) is 0 Å². The fraction of sp³-hybridized carbons (Fsp3) is 0.167. The van der Waals surface area contributed by atoms with E-state index in [1.165, 1.54) is 0 Å². The van der Waals surface area contributed by atoms with Crippen molar-refractivity contribution in [1.29, 1.82) is 0 Å². The van der Waals surface area contributed by atoms with E-state index in [4.69, 9.17) is 0 Å². The molecule has 0 aliphatic heterocycles. The van der Waals surface area contributed by atoms with Crippen LogP contribution in [0.25, 0.3) is 0 Å². The standard InChI is InChI=1S/C36H38N12O2/c49-29-15-11-25(12-16-29)19-21-37-31-43-33(47-35(45-31)41-27-7-3-1-4-8-27)39-23-24-40-34-44-32(38-22-20-26-13-17-30(50)18-14-26)46-36(48-34)42-28-9-5-2-6-10-28/h1-18,49-50H,19-24H2,(H3,37,39,41,43,45,47)(H3,38,40,42,44,46,48). The molecule has 0 bridgehead atoms. The summed E-state index contributed by atoms with van der Waals surface area (Å²) in [5.41, 5.74) is 3.85. The number of phenolic OH excluding ortho intramolecular Hbond substituents is 2. The Morgan fingerprint density at radius 2 is 0.680 bits per heavy atom. The number of rotatable bonds is 17. The quantitative estimate of drug-likeness (QED) is 0.0544. The first-order chi connectivity index (χ1) is 24.5. The summed E-state index contributed by atoms with van der Waals surface area (Å²) in [6, 6.07) is 33.6. The van der Waals surface area contributed by atoms with E-state index in [1.54, 1.807) is 24.3 Å². The molecule has 0 unspecified atom stereocenters. The van der Waals surface area contributed by atoms with Crippen molar-refractivity contribution in [2.45, 2.75) is 12.8 Å². The van der Waals surface area contributed by atoms with Gasteiger partial charge in [0.1, 0.15) is 11.5 Å². The van der Waals surface area contributed by atoms with Crippen molar-refractivity contribution >= 4 is 47.1 Å².